The molecule has 9 heteroatoms. The van der Waals surface area contributed by atoms with Gasteiger partial charge in [-0.25, -0.2) is 4.98 Å². The highest BCUT2D eigenvalue weighted by atomic mass is 35.5. The van der Waals surface area contributed by atoms with Crippen LogP contribution in [0.15, 0.2) is 12.3 Å². The molecule has 1 saturated heterocycles. The van der Waals surface area contributed by atoms with Gasteiger partial charge in [0, 0.05) is 12.6 Å². The zero-order valence-corrected chi connectivity index (χ0v) is 15.8. The van der Waals surface area contributed by atoms with Gasteiger partial charge in [-0.2, -0.15) is 4.98 Å². The number of hydrogen-bond acceptors (Lipinski definition) is 6. The molecule has 0 aliphatic carbocycles. The number of aliphatic carboxylic acids is 1. The lowest BCUT2D eigenvalue weighted by Crippen LogP contribution is -2.31. The molecular formula is C18H23ClN4O4. The Labute approximate surface area is 162 Å². The van der Waals surface area contributed by atoms with Gasteiger partial charge in [-0.15, -0.1) is 6.42 Å². The Balaban J connectivity index is 0.000000321. The van der Waals surface area contributed by atoms with Crippen LogP contribution >= 0.6 is 11.6 Å². The summed E-state index contributed by atoms with van der Waals surface area (Å²) in [5, 5.41) is 18.2. The number of hydrogen-bond donors (Lipinski definition) is 3. The van der Waals surface area contributed by atoms with Gasteiger partial charge in [0.15, 0.2) is 5.60 Å². The molecule has 27 heavy (non-hydrogen) atoms. The lowest BCUT2D eigenvalue weighted by molar-refractivity contribution is -0.137. The monoisotopic (exact) mass is 394 g/mol. The average molecular weight is 395 g/mol. The van der Waals surface area contributed by atoms with E-state index in [4.69, 9.17) is 33.6 Å². The van der Waals surface area contributed by atoms with Gasteiger partial charge in [0.2, 0.25) is 5.28 Å². The zero-order chi connectivity index (χ0) is 20.0. The molecule has 2 atom stereocenters. The van der Waals surface area contributed by atoms with Crippen molar-refractivity contribution in [1.82, 2.24) is 14.5 Å². The molecule has 8 nitrogen and oxygen atoms in total. The van der Waals surface area contributed by atoms with E-state index >= 15 is 0 Å². The van der Waals surface area contributed by atoms with E-state index < -0.39 is 11.6 Å². The van der Waals surface area contributed by atoms with Crippen LogP contribution in [0.4, 0.5) is 5.82 Å². The third kappa shape index (κ3) is 4.89. The summed E-state index contributed by atoms with van der Waals surface area (Å²) in [5.74, 6) is 2.15. The second-order valence-corrected chi connectivity index (χ2v) is 6.58. The molecule has 4 N–H and O–H groups in total. The molecule has 1 aliphatic heterocycles. The molecular weight excluding hydrogens is 372 g/mol. The summed E-state index contributed by atoms with van der Waals surface area (Å²) < 4.78 is 7.63. The first-order chi connectivity index (χ1) is 12.9. The number of carboxylic acids is 1. The summed E-state index contributed by atoms with van der Waals surface area (Å²) in [5.41, 5.74) is 5.48. The average Bonchev–Trinajstić information content (AvgIpc) is 3.25. The summed E-state index contributed by atoms with van der Waals surface area (Å²) in [6.07, 6.45) is 10.3. The molecule has 1 aliphatic rings. The van der Waals surface area contributed by atoms with Gasteiger partial charge >= 0.3 is 5.97 Å². The van der Waals surface area contributed by atoms with Crippen molar-refractivity contribution in [3.63, 3.8) is 0 Å². The number of rotatable bonds is 5. The zero-order valence-electron chi connectivity index (χ0n) is 15.1. The van der Waals surface area contributed by atoms with E-state index in [0.29, 0.717) is 36.1 Å². The topological polar surface area (TPSA) is 123 Å². The maximum absolute atomic E-state index is 9.76. The van der Waals surface area contributed by atoms with Crippen molar-refractivity contribution < 1.29 is 19.7 Å². The number of aromatic nitrogens is 3. The molecule has 0 aromatic carbocycles. The predicted molar refractivity (Wildman–Crippen MR) is 102 cm³/mol. The van der Waals surface area contributed by atoms with Gasteiger partial charge in [0.1, 0.15) is 17.7 Å². The minimum absolute atomic E-state index is 0.0818. The number of carbonyl (C=O) groups is 1. The predicted octanol–water partition coefficient (Wildman–Crippen LogP) is 2.60. The van der Waals surface area contributed by atoms with Crippen molar-refractivity contribution in [2.24, 2.45) is 0 Å². The highest BCUT2D eigenvalue weighted by Crippen LogP contribution is 2.37. The van der Waals surface area contributed by atoms with Crippen molar-refractivity contribution in [2.75, 3.05) is 12.3 Å². The minimum Gasteiger partial charge on any atom is -0.481 e. The number of halogens is 1. The highest BCUT2D eigenvalue weighted by Gasteiger charge is 2.39. The van der Waals surface area contributed by atoms with Crippen LogP contribution in [0, 0.1) is 12.3 Å². The lowest BCUT2D eigenvalue weighted by Gasteiger charge is -2.21. The van der Waals surface area contributed by atoms with Gasteiger partial charge < -0.3 is 25.3 Å². The number of aliphatic hydroxyl groups is 1. The maximum atomic E-state index is 9.76. The molecule has 0 bridgehead atoms. The summed E-state index contributed by atoms with van der Waals surface area (Å²) in [6, 6.07) is 1.80. The van der Waals surface area contributed by atoms with Crippen LogP contribution in [-0.4, -0.2) is 42.9 Å². The third-order valence-electron chi connectivity index (χ3n) is 4.30. The number of ether oxygens (including phenoxy) is 1. The maximum Gasteiger partial charge on any atom is 0.303 e. The summed E-state index contributed by atoms with van der Waals surface area (Å²) >= 11 is 5.84. The highest BCUT2D eigenvalue weighted by molar-refractivity contribution is 6.28. The van der Waals surface area contributed by atoms with Gasteiger partial charge in [-0.1, -0.05) is 19.3 Å². The fourth-order valence-corrected chi connectivity index (χ4v) is 2.96. The van der Waals surface area contributed by atoms with E-state index in [1.54, 1.807) is 12.3 Å². The number of carboxylic acid groups (broad SMARTS) is 1. The first-order valence-corrected chi connectivity index (χ1v) is 9.01. The molecule has 3 rings (SSSR count). The van der Waals surface area contributed by atoms with Crippen molar-refractivity contribution >= 4 is 34.4 Å². The van der Waals surface area contributed by atoms with E-state index in [1.165, 1.54) is 0 Å². The molecule has 146 valence electrons. The number of fused-ring (bicyclic) bond motifs is 1. The van der Waals surface area contributed by atoms with E-state index in [-0.39, 0.29) is 18.1 Å². The van der Waals surface area contributed by atoms with Crippen LogP contribution < -0.4 is 5.73 Å². The lowest BCUT2D eigenvalue weighted by atomic mass is 10.0. The fraction of sp³-hybridized carbons (Fsp3) is 0.500. The van der Waals surface area contributed by atoms with Crippen molar-refractivity contribution in [3.05, 3.63) is 17.5 Å². The first-order valence-electron chi connectivity index (χ1n) is 8.63. The Morgan fingerprint density at radius 1 is 1.59 bits per heavy atom. The molecule has 3 heterocycles. The van der Waals surface area contributed by atoms with Crippen LogP contribution in [-0.2, 0) is 9.53 Å². The van der Waals surface area contributed by atoms with E-state index in [2.05, 4.69) is 15.9 Å². The van der Waals surface area contributed by atoms with Crippen LogP contribution in [0.5, 0.6) is 0 Å². The first kappa shape index (κ1) is 21.0. The van der Waals surface area contributed by atoms with Gasteiger partial charge in [-0.05, 0) is 36.9 Å². The third-order valence-corrected chi connectivity index (χ3v) is 4.47. The molecule has 2 aromatic rings. The molecule has 2 aromatic heterocycles. The minimum atomic E-state index is -0.927. The van der Waals surface area contributed by atoms with Crippen LogP contribution in [0.1, 0.15) is 45.3 Å². The summed E-state index contributed by atoms with van der Waals surface area (Å²) in [4.78, 5) is 17.9. The van der Waals surface area contributed by atoms with E-state index in [9.17, 15) is 9.90 Å². The number of terminal acetylenes is 1. The molecule has 1 fully saturated rings. The number of aliphatic hydroxyl groups excluding tert-OH is 1. The number of anilines is 1. The van der Waals surface area contributed by atoms with E-state index in [1.807, 2.05) is 11.5 Å². The SMILES string of the molecule is C#CC1(CO)CCC(n2ccc3c(N)nc(Cl)nc32)O1.CCCCC(=O)O. The molecule has 0 saturated carbocycles. The van der Waals surface area contributed by atoms with Crippen LogP contribution in [0.3, 0.4) is 0 Å². The normalized spacial score (nSPS) is 21.5. The Hall–Kier alpha value is -2.34. The largest absolute Gasteiger partial charge is 0.481 e. The Morgan fingerprint density at radius 2 is 2.33 bits per heavy atom. The Kier molecular flexibility index (Phi) is 7.02. The number of nitrogens with zero attached hydrogens (tertiary/aromatic N) is 3. The smallest absolute Gasteiger partial charge is 0.303 e. The second kappa shape index (κ2) is 9.04. The molecule has 0 spiro atoms. The Bertz CT molecular complexity index is 848. The summed E-state index contributed by atoms with van der Waals surface area (Å²) in [7, 11) is 0. The standard InChI is InChI=1S/C13H13ClN4O2.C5H10O2/c1-2-13(7-19)5-3-9(20-13)18-6-4-8-10(15)16-12(14)17-11(8)18;1-2-3-4-5(6)7/h1,4,6,9,19H,3,5,7H2,(H2,15,16,17);2-4H2,1H3,(H,6,7). The van der Waals surface area contributed by atoms with Crippen LogP contribution in [0.2, 0.25) is 5.28 Å². The molecule has 2 unspecified atom stereocenters. The van der Waals surface area contributed by atoms with Crippen molar-refractivity contribution in [2.45, 2.75) is 50.9 Å². The van der Waals surface area contributed by atoms with Gasteiger partial charge in [-0.3, -0.25) is 4.79 Å². The molecule has 0 amide bonds. The number of unbranched alkanes of at least 4 members (excludes halogenated alkanes) is 1. The molecule has 0 radical (unpaired) electrons. The quantitative estimate of drug-likeness (QED) is 0.526. The fourth-order valence-electron chi connectivity index (χ4n) is 2.79. The summed E-state index contributed by atoms with van der Waals surface area (Å²) in [6.45, 7) is 1.76. The van der Waals surface area contributed by atoms with Crippen molar-refractivity contribution in [3.8, 4) is 12.3 Å². The second-order valence-electron chi connectivity index (χ2n) is 6.24. The number of nitrogen functional groups attached to an aromatic ring is 1. The Morgan fingerprint density at radius 3 is 2.85 bits per heavy atom. The van der Waals surface area contributed by atoms with Crippen LogP contribution in [0.25, 0.3) is 11.0 Å². The number of nitrogens with two attached hydrogens (primary N) is 1. The van der Waals surface area contributed by atoms with E-state index in [0.717, 1.165) is 12.8 Å². The van der Waals surface area contributed by atoms with Crippen molar-refractivity contribution in [1.29, 1.82) is 0 Å². The van der Waals surface area contributed by atoms with Gasteiger partial charge in [0.25, 0.3) is 0 Å². The van der Waals surface area contributed by atoms with Gasteiger partial charge in [0.05, 0.1) is 12.0 Å².